The van der Waals surface area contributed by atoms with Gasteiger partial charge in [-0.05, 0) is 17.7 Å². The molecule has 0 saturated heterocycles. The molecule has 1 aliphatic rings. The molecule has 0 bridgehead atoms. The van der Waals surface area contributed by atoms with Crippen LogP contribution in [0.4, 0.5) is 0 Å². The zero-order valence-corrected chi connectivity index (χ0v) is 24.9. The van der Waals surface area contributed by atoms with Gasteiger partial charge >= 0.3 is 0 Å². The maximum Gasteiger partial charge on any atom is 0.171 e. The lowest BCUT2D eigenvalue weighted by Crippen LogP contribution is -2.33. The third-order valence-electron chi connectivity index (χ3n) is 7.06. The summed E-state index contributed by atoms with van der Waals surface area (Å²) in [4.78, 5) is 25.6. The predicted molar refractivity (Wildman–Crippen MR) is 155 cm³/mol. The highest BCUT2D eigenvalue weighted by Gasteiger charge is 2.28. The second-order valence-electron chi connectivity index (χ2n) is 12.7. The number of hydrogen-bond acceptors (Lipinski definition) is 7. The van der Waals surface area contributed by atoms with Gasteiger partial charge in [-0.15, -0.1) is 10.2 Å². The molecule has 39 heavy (non-hydrogen) atoms. The fourth-order valence-electron chi connectivity index (χ4n) is 4.74. The van der Waals surface area contributed by atoms with E-state index in [4.69, 9.17) is 14.7 Å². The fraction of sp³-hybridized carbons (Fsp3) is 0.483. The van der Waals surface area contributed by atoms with E-state index >= 15 is 0 Å². The highest BCUT2D eigenvalue weighted by atomic mass is 28.3. The third kappa shape index (κ3) is 6.34. The van der Waals surface area contributed by atoms with Gasteiger partial charge in [0.1, 0.15) is 24.4 Å². The first kappa shape index (κ1) is 27.4. The molecule has 4 heterocycles. The van der Waals surface area contributed by atoms with E-state index in [1.54, 1.807) is 12.5 Å². The number of benzene rings is 1. The van der Waals surface area contributed by atoms with Crippen LogP contribution in [0.3, 0.4) is 0 Å². The molecule has 10 heteroatoms. The molecule has 0 N–H and O–H groups in total. The Morgan fingerprint density at radius 2 is 1.97 bits per heavy atom. The van der Waals surface area contributed by atoms with E-state index in [9.17, 15) is 4.79 Å². The average Bonchev–Trinajstić information content (AvgIpc) is 3.49. The number of nitrogens with zero attached hydrogens (tertiary/aromatic N) is 7. The predicted octanol–water partition coefficient (Wildman–Crippen LogP) is 5.25. The van der Waals surface area contributed by atoms with Crippen LogP contribution in [0.25, 0.3) is 22.4 Å². The van der Waals surface area contributed by atoms with Gasteiger partial charge in [0.25, 0.3) is 0 Å². The lowest BCUT2D eigenvalue weighted by molar-refractivity contribution is 0.0849. The maximum atomic E-state index is 13.4. The molecule has 0 aliphatic carbocycles. The average molecular weight is 546 g/mol. The lowest BCUT2D eigenvalue weighted by Gasteiger charge is -2.27. The van der Waals surface area contributed by atoms with Gasteiger partial charge in [-0.2, -0.15) is 0 Å². The number of rotatable bonds is 9. The van der Waals surface area contributed by atoms with Crippen molar-refractivity contribution < 1.29 is 9.53 Å². The minimum atomic E-state index is -1.19. The van der Waals surface area contributed by atoms with Crippen LogP contribution in [-0.2, 0) is 31.1 Å². The minimum absolute atomic E-state index is 0.0477. The van der Waals surface area contributed by atoms with Crippen molar-refractivity contribution in [1.82, 2.24) is 34.2 Å². The van der Waals surface area contributed by atoms with Crippen molar-refractivity contribution in [2.75, 3.05) is 13.2 Å². The summed E-state index contributed by atoms with van der Waals surface area (Å²) >= 11 is 0. The largest absolute Gasteiger partial charge is 0.361 e. The number of carbonyl (C=O) groups is 1. The van der Waals surface area contributed by atoms with Crippen LogP contribution in [-0.4, -0.2) is 61.2 Å². The van der Waals surface area contributed by atoms with Crippen molar-refractivity contribution in [3.63, 3.8) is 0 Å². The van der Waals surface area contributed by atoms with Gasteiger partial charge in [0.15, 0.2) is 11.4 Å². The molecule has 0 atom stereocenters. The van der Waals surface area contributed by atoms with Gasteiger partial charge in [0.2, 0.25) is 0 Å². The first-order valence-corrected chi connectivity index (χ1v) is 17.4. The summed E-state index contributed by atoms with van der Waals surface area (Å²) in [5.41, 5.74) is 4.29. The van der Waals surface area contributed by atoms with Gasteiger partial charge in [-0.1, -0.05) is 58.6 Å². The van der Waals surface area contributed by atoms with Gasteiger partial charge < -0.3 is 13.9 Å². The summed E-state index contributed by atoms with van der Waals surface area (Å²) < 4.78 is 10.0. The molecule has 0 spiro atoms. The number of hydrogen-bond donors (Lipinski definition) is 0. The van der Waals surface area contributed by atoms with E-state index in [0.29, 0.717) is 30.1 Å². The standard InChI is InChI=1S/C29H39N7O2Si/c1-29(2,3)27(37)23-17-36(20-38-12-13-39(4,5)6)28-26(23)32-24(15-30-28)22-9-7-8-21(14-22)16-34-10-11-35-19-31-33-25(35)18-34/h7-9,14-15,17,19H,10-13,16,18,20H2,1-6H3. The molecule has 0 amide bonds. The molecular weight excluding hydrogens is 506 g/mol. The molecule has 5 rings (SSSR count). The van der Waals surface area contributed by atoms with Crippen LogP contribution < -0.4 is 0 Å². The van der Waals surface area contributed by atoms with E-state index in [0.717, 1.165) is 49.3 Å². The number of carbonyl (C=O) groups excluding carboxylic acids is 1. The van der Waals surface area contributed by atoms with Crippen molar-refractivity contribution in [3.05, 3.63) is 59.9 Å². The Hall–Kier alpha value is -3.21. The summed E-state index contributed by atoms with van der Waals surface area (Å²) in [6.45, 7) is 17.3. The van der Waals surface area contributed by atoms with Gasteiger partial charge in [-0.3, -0.25) is 9.69 Å². The molecule has 1 aromatic carbocycles. The zero-order chi connectivity index (χ0) is 27.8. The van der Waals surface area contributed by atoms with E-state index < -0.39 is 13.5 Å². The number of fused-ring (bicyclic) bond motifs is 2. The second kappa shape index (κ2) is 10.7. The van der Waals surface area contributed by atoms with Crippen LogP contribution in [0, 0.1) is 5.41 Å². The Morgan fingerprint density at radius 3 is 2.74 bits per heavy atom. The Balaban J connectivity index is 1.41. The van der Waals surface area contributed by atoms with Crippen molar-refractivity contribution in [2.24, 2.45) is 5.41 Å². The molecule has 9 nitrogen and oxygen atoms in total. The summed E-state index contributed by atoms with van der Waals surface area (Å²) in [6.07, 6.45) is 5.46. The Bertz CT molecular complexity index is 1480. The first-order valence-electron chi connectivity index (χ1n) is 13.6. The van der Waals surface area contributed by atoms with Crippen molar-refractivity contribution in [2.45, 2.75) is 72.8 Å². The van der Waals surface area contributed by atoms with Crippen LogP contribution in [0.15, 0.2) is 43.0 Å². The van der Waals surface area contributed by atoms with Crippen LogP contribution in [0.2, 0.25) is 25.7 Å². The molecule has 0 unspecified atom stereocenters. The van der Waals surface area contributed by atoms with Crippen LogP contribution >= 0.6 is 0 Å². The Labute approximate surface area is 231 Å². The van der Waals surface area contributed by atoms with Gasteiger partial charge in [0.05, 0.1) is 24.0 Å². The Morgan fingerprint density at radius 1 is 1.15 bits per heavy atom. The quantitative estimate of drug-likeness (QED) is 0.161. The summed E-state index contributed by atoms with van der Waals surface area (Å²) in [6, 6.07) is 9.49. The molecule has 0 saturated carbocycles. The topological polar surface area (TPSA) is 91.0 Å². The van der Waals surface area contributed by atoms with Gasteiger partial charge in [0, 0.05) is 51.5 Å². The van der Waals surface area contributed by atoms with Crippen molar-refractivity contribution in [1.29, 1.82) is 0 Å². The third-order valence-corrected chi connectivity index (χ3v) is 8.77. The maximum absolute atomic E-state index is 13.4. The highest BCUT2D eigenvalue weighted by Crippen LogP contribution is 2.29. The molecule has 0 fully saturated rings. The highest BCUT2D eigenvalue weighted by molar-refractivity contribution is 6.76. The molecular formula is C29H39N7O2Si. The van der Waals surface area contributed by atoms with Crippen molar-refractivity contribution in [3.8, 4) is 11.3 Å². The Kier molecular flexibility index (Phi) is 7.54. The van der Waals surface area contributed by atoms with Crippen LogP contribution in [0.5, 0.6) is 0 Å². The normalized spacial score (nSPS) is 14.6. The molecule has 1 aliphatic heterocycles. The van der Waals surface area contributed by atoms with E-state index in [1.165, 1.54) is 5.56 Å². The summed E-state index contributed by atoms with van der Waals surface area (Å²) in [5, 5.41) is 8.26. The van der Waals surface area contributed by atoms with E-state index in [-0.39, 0.29) is 5.78 Å². The summed E-state index contributed by atoms with van der Waals surface area (Å²) in [5.74, 6) is 1.05. The lowest BCUT2D eigenvalue weighted by atomic mass is 9.87. The van der Waals surface area contributed by atoms with Crippen LogP contribution in [0.1, 0.15) is 42.5 Å². The zero-order valence-electron chi connectivity index (χ0n) is 23.9. The summed E-state index contributed by atoms with van der Waals surface area (Å²) in [7, 11) is -1.19. The van der Waals surface area contributed by atoms with E-state index in [1.807, 2.05) is 37.6 Å². The fourth-order valence-corrected chi connectivity index (χ4v) is 5.50. The molecule has 3 aromatic heterocycles. The molecule has 0 radical (unpaired) electrons. The molecule has 206 valence electrons. The minimum Gasteiger partial charge on any atom is -0.361 e. The number of Topliss-reactive ketones (excluding diaryl/α,β-unsaturated/α-hetero) is 1. The first-order chi connectivity index (χ1) is 18.5. The number of ketones is 1. The second-order valence-corrected chi connectivity index (χ2v) is 18.3. The molecule has 4 aromatic rings. The monoisotopic (exact) mass is 545 g/mol. The number of aromatic nitrogens is 6. The van der Waals surface area contributed by atoms with Crippen molar-refractivity contribution >= 4 is 25.0 Å². The number of ether oxygens (including phenoxy) is 1. The van der Waals surface area contributed by atoms with E-state index in [2.05, 4.69) is 57.5 Å². The smallest absolute Gasteiger partial charge is 0.171 e. The van der Waals surface area contributed by atoms with Gasteiger partial charge in [-0.25, -0.2) is 9.97 Å². The SMILES string of the molecule is CC(C)(C)C(=O)c1cn(COCC[Si](C)(C)C)c2ncc(-c3cccc(CN4CCn5cnnc5C4)c3)nc12.